The number of nitrogens with zero attached hydrogens (tertiary/aromatic N) is 2. The Bertz CT molecular complexity index is 1240. The molecule has 1 fully saturated rings. The number of non-ortho nitro benzene ring substituents is 1. The van der Waals surface area contributed by atoms with E-state index in [1.807, 2.05) is 0 Å². The highest BCUT2D eigenvalue weighted by atomic mass is 19.1. The molecule has 4 rings (SSSR count). The second kappa shape index (κ2) is 8.10. The fourth-order valence-electron chi connectivity index (χ4n) is 3.62. The highest BCUT2D eigenvalue weighted by Crippen LogP contribution is 2.41. The summed E-state index contributed by atoms with van der Waals surface area (Å²) >= 11 is 0. The van der Waals surface area contributed by atoms with Gasteiger partial charge in [0.15, 0.2) is 0 Å². The molecule has 2 heterocycles. The smallest absolute Gasteiger partial charge is 0.296 e. The molecule has 8 nitrogen and oxygen atoms in total. The highest BCUT2D eigenvalue weighted by molar-refractivity contribution is 6.46. The van der Waals surface area contributed by atoms with Gasteiger partial charge in [-0.3, -0.25) is 19.7 Å². The number of aliphatic hydroxyl groups excluding tert-OH is 1. The van der Waals surface area contributed by atoms with E-state index in [4.69, 9.17) is 4.42 Å². The van der Waals surface area contributed by atoms with E-state index >= 15 is 0 Å². The third-order valence-electron chi connectivity index (χ3n) is 5.19. The van der Waals surface area contributed by atoms with Gasteiger partial charge in [0, 0.05) is 24.2 Å². The molecule has 1 unspecified atom stereocenters. The molecule has 2 aromatic carbocycles. The van der Waals surface area contributed by atoms with Crippen molar-refractivity contribution in [3.05, 3.63) is 105 Å². The number of ketones is 1. The number of halogens is 1. The maximum absolute atomic E-state index is 13.3. The lowest BCUT2D eigenvalue weighted by Crippen LogP contribution is -2.29. The number of aryl methyl sites for hydroxylation is 1. The van der Waals surface area contributed by atoms with Gasteiger partial charge in [-0.05, 0) is 48.9 Å². The molecule has 32 heavy (non-hydrogen) atoms. The van der Waals surface area contributed by atoms with Crippen molar-refractivity contribution >= 4 is 23.1 Å². The lowest BCUT2D eigenvalue weighted by molar-refractivity contribution is -0.384. The van der Waals surface area contributed by atoms with E-state index in [-0.39, 0.29) is 29.1 Å². The first-order valence-corrected chi connectivity index (χ1v) is 9.60. The summed E-state index contributed by atoms with van der Waals surface area (Å²) in [5.74, 6) is -1.86. The van der Waals surface area contributed by atoms with Crippen LogP contribution in [0.15, 0.2) is 70.7 Å². The minimum atomic E-state index is -1.02. The number of hydrogen-bond donors (Lipinski definition) is 1. The quantitative estimate of drug-likeness (QED) is 0.210. The van der Waals surface area contributed by atoms with Gasteiger partial charge >= 0.3 is 0 Å². The van der Waals surface area contributed by atoms with Gasteiger partial charge in [0.25, 0.3) is 17.4 Å². The van der Waals surface area contributed by atoms with Gasteiger partial charge < -0.3 is 14.4 Å². The number of amides is 1. The van der Waals surface area contributed by atoms with Crippen LogP contribution in [0.4, 0.5) is 10.1 Å². The van der Waals surface area contributed by atoms with E-state index in [1.54, 1.807) is 19.1 Å². The monoisotopic (exact) mass is 436 g/mol. The Morgan fingerprint density at radius 3 is 2.31 bits per heavy atom. The van der Waals surface area contributed by atoms with Gasteiger partial charge in [0.05, 0.1) is 10.5 Å². The van der Waals surface area contributed by atoms with Crippen LogP contribution >= 0.6 is 0 Å². The fraction of sp³-hybridized carbons (Fsp3) is 0.130. The summed E-state index contributed by atoms with van der Waals surface area (Å²) in [5.41, 5.74) is 0.345. The van der Waals surface area contributed by atoms with Gasteiger partial charge in [-0.2, -0.15) is 0 Å². The summed E-state index contributed by atoms with van der Waals surface area (Å²) in [6, 6.07) is 12.7. The molecule has 1 atom stereocenters. The lowest BCUT2D eigenvalue weighted by Gasteiger charge is -2.23. The van der Waals surface area contributed by atoms with Crippen molar-refractivity contribution in [2.24, 2.45) is 0 Å². The predicted octanol–water partition coefficient (Wildman–Crippen LogP) is 4.26. The predicted molar refractivity (Wildman–Crippen MR) is 111 cm³/mol. The second-order valence-electron chi connectivity index (χ2n) is 7.31. The molecule has 0 aliphatic carbocycles. The van der Waals surface area contributed by atoms with Gasteiger partial charge in [-0.15, -0.1) is 0 Å². The number of likely N-dealkylation sites (tertiary alicyclic amines) is 1. The third kappa shape index (κ3) is 3.76. The van der Waals surface area contributed by atoms with Crippen molar-refractivity contribution in [2.45, 2.75) is 19.5 Å². The van der Waals surface area contributed by atoms with Crippen LogP contribution < -0.4 is 0 Å². The maximum Gasteiger partial charge on any atom is 0.296 e. The van der Waals surface area contributed by atoms with Crippen molar-refractivity contribution in [3.8, 4) is 0 Å². The number of nitro groups is 1. The molecule has 1 N–H and O–H groups in total. The van der Waals surface area contributed by atoms with Crippen LogP contribution in [0.25, 0.3) is 5.76 Å². The standard InChI is InChI=1S/C23H17FN2O6/c1-13-2-11-18(32-13)20-19(21(27)15-5-9-17(10-6-15)26(30)31)22(28)23(29)25(20)12-14-3-7-16(24)8-4-14/h2-11,20,27H,12H2,1H3/b21-19-. The van der Waals surface area contributed by atoms with Crippen LogP contribution in [0.5, 0.6) is 0 Å². The summed E-state index contributed by atoms with van der Waals surface area (Å²) in [7, 11) is 0. The number of carbonyl (C=O) groups excluding carboxylic acids is 2. The van der Waals surface area contributed by atoms with Crippen LogP contribution in [0.3, 0.4) is 0 Å². The zero-order chi connectivity index (χ0) is 23.0. The van der Waals surface area contributed by atoms with Gasteiger partial charge in [0.1, 0.15) is 29.1 Å². The molecule has 0 radical (unpaired) electrons. The van der Waals surface area contributed by atoms with Crippen molar-refractivity contribution in [1.29, 1.82) is 0 Å². The normalized spacial score (nSPS) is 17.7. The maximum atomic E-state index is 13.3. The molecule has 0 saturated carbocycles. The zero-order valence-corrected chi connectivity index (χ0v) is 16.8. The number of furan rings is 1. The number of aliphatic hydroxyl groups is 1. The van der Waals surface area contributed by atoms with E-state index in [9.17, 15) is 29.2 Å². The summed E-state index contributed by atoms with van der Waals surface area (Å²) in [5, 5.41) is 21.8. The molecule has 1 aromatic heterocycles. The molecule has 1 aliphatic rings. The number of hydrogen-bond acceptors (Lipinski definition) is 6. The van der Waals surface area contributed by atoms with Crippen LogP contribution in [-0.4, -0.2) is 26.6 Å². The van der Waals surface area contributed by atoms with Gasteiger partial charge in [-0.25, -0.2) is 4.39 Å². The Morgan fingerprint density at radius 2 is 1.75 bits per heavy atom. The minimum absolute atomic E-state index is 0.0215. The van der Waals surface area contributed by atoms with Crippen LogP contribution in [-0.2, 0) is 16.1 Å². The molecule has 162 valence electrons. The molecule has 1 amide bonds. The third-order valence-corrected chi connectivity index (χ3v) is 5.19. The first kappa shape index (κ1) is 21.0. The first-order chi connectivity index (χ1) is 15.3. The number of benzene rings is 2. The van der Waals surface area contributed by atoms with E-state index in [1.165, 1.54) is 53.4 Å². The average molecular weight is 436 g/mol. The van der Waals surface area contributed by atoms with Gasteiger partial charge in [0.2, 0.25) is 0 Å². The topological polar surface area (TPSA) is 114 Å². The van der Waals surface area contributed by atoms with E-state index in [0.29, 0.717) is 11.3 Å². The molecule has 0 spiro atoms. The SMILES string of the molecule is Cc1ccc(C2/C(=C(/O)c3ccc([N+](=O)[O-])cc3)C(=O)C(=O)N2Cc2ccc(F)cc2)o1. The number of rotatable bonds is 5. The number of nitro benzene ring substituents is 1. The molecule has 1 saturated heterocycles. The summed E-state index contributed by atoms with van der Waals surface area (Å²) in [4.78, 5) is 37.4. The molecular weight excluding hydrogens is 419 g/mol. The Hall–Kier alpha value is -4.27. The second-order valence-corrected chi connectivity index (χ2v) is 7.31. The highest BCUT2D eigenvalue weighted by Gasteiger charge is 2.47. The number of Topliss-reactive ketones (excluding diaryl/α,β-unsaturated/α-hetero) is 1. The van der Waals surface area contributed by atoms with Gasteiger partial charge in [-0.1, -0.05) is 12.1 Å². The Balaban J connectivity index is 1.81. The largest absolute Gasteiger partial charge is 0.507 e. The Morgan fingerprint density at radius 1 is 1.09 bits per heavy atom. The average Bonchev–Trinajstić information content (AvgIpc) is 3.31. The minimum Gasteiger partial charge on any atom is -0.507 e. The fourth-order valence-corrected chi connectivity index (χ4v) is 3.62. The van der Waals surface area contributed by atoms with E-state index in [2.05, 4.69) is 0 Å². The zero-order valence-electron chi connectivity index (χ0n) is 16.8. The van der Waals surface area contributed by atoms with Crippen molar-refractivity contribution in [3.63, 3.8) is 0 Å². The van der Waals surface area contributed by atoms with Crippen molar-refractivity contribution in [2.75, 3.05) is 0 Å². The number of carbonyl (C=O) groups is 2. The van der Waals surface area contributed by atoms with E-state index in [0.717, 1.165) is 0 Å². The van der Waals surface area contributed by atoms with Crippen LogP contribution in [0.1, 0.15) is 28.7 Å². The molecular formula is C23H17FN2O6. The molecule has 9 heteroatoms. The molecule has 0 bridgehead atoms. The summed E-state index contributed by atoms with van der Waals surface area (Å²) < 4.78 is 19.0. The molecule has 3 aromatic rings. The van der Waals surface area contributed by atoms with Crippen LogP contribution in [0.2, 0.25) is 0 Å². The first-order valence-electron chi connectivity index (χ1n) is 9.60. The van der Waals surface area contributed by atoms with E-state index < -0.39 is 34.2 Å². The van der Waals surface area contributed by atoms with Crippen LogP contribution in [0, 0.1) is 22.9 Å². The molecule has 1 aliphatic heterocycles. The summed E-state index contributed by atoms with van der Waals surface area (Å²) in [6.45, 7) is 1.68. The van der Waals surface area contributed by atoms with Crippen molar-refractivity contribution < 1.29 is 28.4 Å². The summed E-state index contributed by atoms with van der Waals surface area (Å²) in [6.07, 6.45) is 0. The Kier molecular flexibility index (Phi) is 5.31. The Labute approximate surface area is 181 Å². The lowest BCUT2D eigenvalue weighted by atomic mass is 9.99. The van der Waals surface area contributed by atoms with Crippen molar-refractivity contribution in [1.82, 2.24) is 4.90 Å².